The predicted molar refractivity (Wildman–Crippen MR) is 102 cm³/mol. The molecule has 0 saturated carbocycles. The number of hydrogen-bond donors (Lipinski definition) is 2. The molecular weight excluding hydrogens is 350 g/mol. The van der Waals surface area contributed by atoms with Crippen LogP contribution in [0.25, 0.3) is 0 Å². The van der Waals surface area contributed by atoms with Gasteiger partial charge in [-0.3, -0.25) is 14.9 Å². The van der Waals surface area contributed by atoms with Crippen molar-refractivity contribution in [2.75, 3.05) is 17.7 Å². The standard InChI is InChI=1S/C19H17N3O3S/c1-25-16-4-2-3-13(11-16)12-17(23)21-15-7-5-14(6-8-15)18(24)22-19-20-9-10-26-19/h2-11H,12H2,1H3,(H,21,23)(H,20,22,24). The number of ether oxygens (including phenoxy) is 1. The van der Waals surface area contributed by atoms with E-state index in [2.05, 4.69) is 15.6 Å². The molecule has 3 rings (SSSR count). The number of nitrogens with one attached hydrogen (secondary N) is 2. The minimum atomic E-state index is -0.241. The molecule has 0 unspecified atom stereocenters. The van der Waals surface area contributed by atoms with Crippen LogP contribution < -0.4 is 15.4 Å². The average molecular weight is 367 g/mol. The number of thiazole rings is 1. The summed E-state index contributed by atoms with van der Waals surface area (Å²) in [6, 6.07) is 14.1. The third kappa shape index (κ3) is 4.67. The number of benzene rings is 2. The Labute approximate surface area is 154 Å². The van der Waals surface area contributed by atoms with E-state index in [-0.39, 0.29) is 18.2 Å². The van der Waals surface area contributed by atoms with Crippen molar-refractivity contribution in [2.24, 2.45) is 0 Å². The number of rotatable bonds is 6. The second-order valence-electron chi connectivity index (χ2n) is 5.45. The molecule has 0 radical (unpaired) electrons. The minimum Gasteiger partial charge on any atom is -0.497 e. The fraction of sp³-hybridized carbons (Fsp3) is 0.105. The second kappa shape index (κ2) is 8.26. The fourth-order valence-electron chi connectivity index (χ4n) is 2.33. The van der Waals surface area contributed by atoms with Crippen LogP contribution >= 0.6 is 11.3 Å². The lowest BCUT2D eigenvalue weighted by Gasteiger charge is -2.08. The van der Waals surface area contributed by atoms with Crippen molar-refractivity contribution >= 4 is 34.0 Å². The molecule has 26 heavy (non-hydrogen) atoms. The fourth-order valence-corrected chi connectivity index (χ4v) is 2.86. The van der Waals surface area contributed by atoms with Gasteiger partial charge in [-0.2, -0.15) is 0 Å². The van der Waals surface area contributed by atoms with Crippen LogP contribution in [-0.4, -0.2) is 23.9 Å². The van der Waals surface area contributed by atoms with E-state index in [1.807, 2.05) is 24.3 Å². The van der Waals surface area contributed by atoms with Crippen molar-refractivity contribution in [3.63, 3.8) is 0 Å². The quantitative estimate of drug-likeness (QED) is 0.698. The molecule has 1 heterocycles. The zero-order chi connectivity index (χ0) is 18.4. The summed E-state index contributed by atoms with van der Waals surface area (Å²) in [6.45, 7) is 0. The number of anilines is 2. The molecule has 2 amide bonds. The van der Waals surface area contributed by atoms with Gasteiger partial charge in [-0.1, -0.05) is 12.1 Å². The Morgan fingerprint density at radius 3 is 2.62 bits per heavy atom. The van der Waals surface area contributed by atoms with E-state index in [1.165, 1.54) is 11.3 Å². The molecule has 7 heteroatoms. The van der Waals surface area contributed by atoms with Gasteiger partial charge in [0, 0.05) is 22.8 Å². The Morgan fingerprint density at radius 2 is 1.92 bits per heavy atom. The lowest BCUT2D eigenvalue weighted by molar-refractivity contribution is -0.115. The zero-order valence-corrected chi connectivity index (χ0v) is 14.9. The van der Waals surface area contributed by atoms with Gasteiger partial charge in [-0.05, 0) is 42.0 Å². The highest BCUT2D eigenvalue weighted by molar-refractivity contribution is 7.13. The van der Waals surface area contributed by atoms with Crippen LogP contribution in [0.2, 0.25) is 0 Å². The van der Waals surface area contributed by atoms with Crippen molar-refractivity contribution in [3.05, 3.63) is 71.2 Å². The third-order valence-corrected chi connectivity index (χ3v) is 4.27. The lowest BCUT2D eigenvalue weighted by Crippen LogP contribution is -2.15. The number of carbonyl (C=O) groups excluding carboxylic acids is 2. The highest BCUT2D eigenvalue weighted by Gasteiger charge is 2.09. The summed E-state index contributed by atoms with van der Waals surface area (Å²) in [6.07, 6.45) is 1.87. The molecule has 0 fully saturated rings. The van der Waals surface area contributed by atoms with Gasteiger partial charge >= 0.3 is 0 Å². The molecule has 0 bridgehead atoms. The molecule has 0 atom stereocenters. The van der Waals surface area contributed by atoms with E-state index in [4.69, 9.17) is 4.74 Å². The van der Waals surface area contributed by atoms with Gasteiger partial charge < -0.3 is 10.1 Å². The monoisotopic (exact) mass is 367 g/mol. The molecule has 0 aliphatic rings. The molecule has 2 aromatic carbocycles. The molecular formula is C19H17N3O3S. The highest BCUT2D eigenvalue weighted by atomic mass is 32.1. The summed E-state index contributed by atoms with van der Waals surface area (Å²) in [5, 5.41) is 7.86. The molecule has 0 aliphatic heterocycles. The first-order chi connectivity index (χ1) is 12.6. The summed E-state index contributed by atoms with van der Waals surface area (Å²) in [5.41, 5.74) is 1.98. The Bertz CT molecular complexity index is 893. The van der Waals surface area contributed by atoms with Crippen molar-refractivity contribution in [2.45, 2.75) is 6.42 Å². The zero-order valence-electron chi connectivity index (χ0n) is 14.1. The van der Waals surface area contributed by atoms with Gasteiger partial charge in [0.15, 0.2) is 5.13 Å². The number of amides is 2. The van der Waals surface area contributed by atoms with Crippen LogP contribution in [0.15, 0.2) is 60.1 Å². The second-order valence-corrected chi connectivity index (χ2v) is 6.34. The van der Waals surface area contributed by atoms with Crippen molar-refractivity contribution < 1.29 is 14.3 Å². The van der Waals surface area contributed by atoms with Gasteiger partial charge in [0.1, 0.15) is 5.75 Å². The van der Waals surface area contributed by atoms with E-state index in [0.717, 1.165) is 5.56 Å². The van der Waals surface area contributed by atoms with Crippen molar-refractivity contribution in [1.29, 1.82) is 0 Å². The summed E-state index contributed by atoms with van der Waals surface area (Å²) < 4.78 is 5.15. The average Bonchev–Trinajstić information content (AvgIpc) is 3.15. The molecule has 0 saturated heterocycles. The van der Waals surface area contributed by atoms with Crippen LogP contribution in [-0.2, 0) is 11.2 Å². The van der Waals surface area contributed by atoms with Crippen LogP contribution in [0.5, 0.6) is 5.75 Å². The van der Waals surface area contributed by atoms with E-state index in [0.29, 0.717) is 22.1 Å². The summed E-state index contributed by atoms with van der Waals surface area (Å²) in [5.74, 6) is 0.332. The van der Waals surface area contributed by atoms with Crippen LogP contribution in [0.1, 0.15) is 15.9 Å². The Hall–Kier alpha value is -3.19. The van der Waals surface area contributed by atoms with E-state index >= 15 is 0 Å². The maximum Gasteiger partial charge on any atom is 0.257 e. The molecule has 0 aliphatic carbocycles. The molecule has 132 valence electrons. The molecule has 0 spiro atoms. The first-order valence-corrected chi connectivity index (χ1v) is 8.76. The van der Waals surface area contributed by atoms with E-state index in [9.17, 15) is 9.59 Å². The summed E-state index contributed by atoms with van der Waals surface area (Å²) in [4.78, 5) is 28.3. The van der Waals surface area contributed by atoms with Crippen LogP contribution in [0.4, 0.5) is 10.8 Å². The first-order valence-electron chi connectivity index (χ1n) is 7.88. The van der Waals surface area contributed by atoms with Gasteiger partial charge in [0.05, 0.1) is 13.5 Å². The highest BCUT2D eigenvalue weighted by Crippen LogP contribution is 2.16. The van der Waals surface area contributed by atoms with Crippen molar-refractivity contribution in [3.8, 4) is 5.75 Å². The first kappa shape index (κ1) is 17.6. The number of hydrogen-bond acceptors (Lipinski definition) is 5. The molecule has 6 nitrogen and oxygen atoms in total. The number of aromatic nitrogens is 1. The van der Waals surface area contributed by atoms with Gasteiger partial charge in [-0.15, -0.1) is 11.3 Å². The van der Waals surface area contributed by atoms with Gasteiger partial charge in [0.25, 0.3) is 5.91 Å². The maximum absolute atomic E-state index is 12.2. The maximum atomic E-state index is 12.2. The Balaban J connectivity index is 1.58. The number of nitrogens with zero attached hydrogens (tertiary/aromatic N) is 1. The van der Waals surface area contributed by atoms with Crippen LogP contribution in [0.3, 0.4) is 0 Å². The Morgan fingerprint density at radius 1 is 1.12 bits per heavy atom. The smallest absolute Gasteiger partial charge is 0.257 e. The summed E-state index contributed by atoms with van der Waals surface area (Å²) in [7, 11) is 1.59. The molecule has 1 aromatic heterocycles. The predicted octanol–water partition coefficient (Wildman–Crippen LogP) is 3.59. The lowest BCUT2D eigenvalue weighted by atomic mass is 10.1. The number of methoxy groups -OCH3 is 1. The number of carbonyl (C=O) groups is 2. The molecule has 2 N–H and O–H groups in total. The Kier molecular flexibility index (Phi) is 5.60. The molecule has 3 aromatic rings. The summed E-state index contributed by atoms with van der Waals surface area (Å²) >= 11 is 1.35. The van der Waals surface area contributed by atoms with Gasteiger partial charge in [-0.25, -0.2) is 4.98 Å². The van der Waals surface area contributed by atoms with Crippen LogP contribution in [0, 0.1) is 0 Å². The normalized spacial score (nSPS) is 10.2. The van der Waals surface area contributed by atoms with E-state index < -0.39 is 0 Å². The van der Waals surface area contributed by atoms with Gasteiger partial charge in [0.2, 0.25) is 5.91 Å². The minimum absolute atomic E-state index is 0.141. The topological polar surface area (TPSA) is 80.3 Å². The van der Waals surface area contributed by atoms with Crippen molar-refractivity contribution in [1.82, 2.24) is 4.98 Å². The third-order valence-electron chi connectivity index (χ3n) is 3.58. The largest absolute Gasteiger partial charge is 0.497 e. The van der Waals surface area contributed by atoms with E-state index in [1.54, 1.807) is 43.0 Å². The SMILES string of the molecule is COc1cccc(CC(=O)Nc2ccc(C(=O)Nc3nccs3)cc2)c1.